The molecule has 0 aliphatic carbocycles. The molecular formula is C21H22ClNO8S. The van der Waals surface area contributed by atoms with Gasteiger partial charge < -0.3 is 23.7 Å². The molecule has 2 aliphatic heterocycles. The van der Waals surface area contributed by atoms with Gasteiger partial charge in [0, 0.05) is 35.2 Å². The van der Waals surface area contributed by atoms with Crippen LogP contribution in [0.1, 0.15) is 24.0 Å². The largest absolute Gasteiger partial charge is 0.486 e. The Bertz CT molecular complexity index is 1110. The van der Waals surface area contributed by atoms with Gasteiger partial charge in [0.25, 0.3) is 0 Å². The molecule has 2 aliphatic rings. The Labute approximate surface area is 190 Å². The summed E-state index contributed by atoms with van der Waals surface area (Å²) in [6.07, 6.45) is 0.330. The molecule has 11 heteroatoms. The van der Waals surface area contributed by atoms with Gasteiger partial charge in [-0.25, -0.2) is 13.1 Å². The minimum atomic E-state index is -3.74. The van der Waals surface area contributed by atoms with E-state index in [1.807, 2.05) is 0 Å². The number of hydrogen-bond donors (Lipinski definition) is 1. The second-order valence-corrected chi connectivity index (χ2v) is 9.33. The van der Waals surface area contributed by atoms with Crippen LogP contribution in [0.15, 0.2) is 35.2 Å². The Kier molecular flexibility index (Phi) is 7.04. The SMILES string of the molecule is O=C(CCCNS(=O)(=O)c1ccc2c(c1)OCCO2)OCc1cc(Cl)cc2c1OCOC2. The van der Waals surface area contributed by atoms with Crippen molar-refractivity contribution in [1.82, 2.24) is 4.72 Å². The highest BCUT2D eigenvalue weighted by Gasteiger charge is 2.20. The van der Waals surface area contributed by atoms with Crippen molar-refractivity contribution in [3.8, 4) is 17.2 Å². The number of benzene rings is 2. The third-order valence-electron chi connectivity index (χ3n) is 4.81. The van der Waals surface area contributed by atoms with E-state index < -0.39 is 16.0 Å². The van der Waals surface area contributed by atoms with E-state index in [0.717, 1.165) is 5.56 Å². The van der Waals surface area contributed by atoms with E-state index in [9.17, 15) is 13.2 Å². The van der Waals surface area contributed by atoms with Crippen LogP contribution in [0.5, 0.6) is 17.2 Å². The Morgan fingerprint density at radius 1 is 1.09 bits per heavy atom. The van der Waals surface area contributed by atoms with Crippen molar-refractivity contribution >= 4 is 27.6 Å². The summed E-state index contributed by atoms with van der Waals surface area (Å²) in [5.41, 5.74) is 1.45. The lowest BCUT2D eigenvalue weighted by molar-refractivity contribution is -0.145. The van der Waals surface area contributed by atoms with E-state index >= 15 is 0 Å². The summed E-state index contributed by atoms with van der Waals surface area (Å²) in [4.78, 5) is 12.2. The first kappa shape index (κ1) is 22.7. The van der Waals surface area contributed by atoms with Gasteiger partial charge in [-0.1, -0.05) is 11.6 Å². The normalized spacial score (nSPS) is 14.9. The molecule has 1 N–H and O–H groups in total. The van der Waals surface area contributed by atoms with Crippen molar-refractivity contribution in [2.45, 2.75) is 31.0 Å². The quantitative estimate of drug-likeness (QED) is 0.451. The predicted octanol–water partition coefficient (Wildman–Crippen LogP) is 2.78. The van der Waals surface area contributed by atoms with E-state index in [0.29, 0.717) is 47.7 Å². The van der Waals surface area contributed by atoms with Gasteiger partial charge in [0.05, 0.1) is 11.5 Å². The molecule has 0 spiro atoms. The molecule has 2 heterocycles. The number of rotatable bonds is 8. The summed E-state index contributed by atoms with van der Waals surface area (Å²) in [6.45, 7) is 1.38. The fourth-order valence-corrected chi connectivity index (χ4v) is 4.66. The van der Waals surface area contributed by atoms with Crippen LogP contribution in [0.3, 0.4) is 0 Å². The average Bonchev–Trinajstić information content (AvgIpc) is 2.80. The van der Waals surface area contributed by atoms with Crippen molar-refractivity contribution in [1.29, 1.82) is 0 Å². The van der Waals surface area contributed by atoms with E-state index in [-0.39, 0.29) is 37.7 Å². The number of halogens is 1. The Hall–Kier alpha value is -2.53. The van der Waals surface area contributed by atoms with E-state index in [1.54, 1.807) is 18.2 Å². The molecule has 0 aromatic heterocycles. The van der Waals surface area contributed by atoms with Gasteiger partial charge in [-0.15, -0.1) is 0 Å². The zero-order chi connectivity index (χ0) is 22.6. The minimum Gasteiger partial charge on any atom is -0.486 e. The summed E-state index contributed by atoms with van der Waals surface area (Å²) < 4.78 is 54.3. The Morgan fingerprint density at radius 2 is 1.91 bits per heavy atom. The molecule has 0 radical (unpaired) electrons. The molecule has 9 nitrogen and oxygen atoms in total. The highest BCUT2D eigenvalue weighted by Crippen LogP contribution is 2.33. The molecule has 32 heavy (non-hydrogen) atoms. The molecule has 2 aromatic rings. The van der Waals surface area contributed by atoms with E-state index in [2.05, 4.69) is 4.72 Å². The summed E-state index contributed by atoms with van der Waals surface area (Å²) in [5, 5.41) is 0.498. The number of carbonyl (C=O) groups excluding carboxylic acids is 1. The van der Waals surface area contributed by atoms with Crippen LogP contribution >= 0.6 is 11.6 Å². The number of esters is 1. The van der Waals surface area contributed by atoms with Crippen molar-refractivity contribution < 1.29 is 36.9 Å². The van der Waals surface area contributed by atoms with Crippen LogP contribution in [-0.2, 0) is 37.5 Å². The van der Waals surface area contributed by atoms with E-state index in [4.69, 9.17) is 35.3 Å². The van der Waals surface area contributed by atoms with Crippen molar-refractivity contribution in [2.75, 3.05) is 26.6 Å². The third kappa shape index (κ3) is 5.44. The van der Waals surface area contributed by atoms with Gasteiger partial charge in [-0.2, -0.15) is 0 Å². The Balaban J connectivity index is 1.24. The van der Waals surface area contributed by atoms with Gasteiger partial charge in [0.1, 0.15) is 25.6 Å². The smallest absolute Gasteiger partial charge is 0.306 e. The van der Waals surface area contributed by atoms with Crippen molar-refractivity contribution in [3.63, 3.8) is 0 Å². The second kappa shape index (κ2) is 9.95. The highest BCUT2D eigenvalue weighted by atomic mass is 35.5. The summed E-state index contributed by atoms with van der Waals surface area (Å²) in [7, 11) is -3.74. The second-order valence-electron chi connectivity index (χ2n) is 7.13. The molecular weight excluding hydrogens is 462 g/mol. The van der Waals surface area contributed by atoms with Gasteiger partial charge in [-0.3, -0.25) is 4.79 Å². The fourth-order valence-electron chi connectivity index (χ4n) is 3.31. The van der Waals surface area contributed by atoms with Crippen LogP contribution in [0.25, 0.3) is 0 Å². The molecule has 0 unspecified atom stereocenters. The van der Waals surface area contributed by atoms with Crippen molar-refractivity contribution in [3.05, 3.63) is 46.5 Å². The van der Waals surface area contributed by atoms with Gasteiger partial charge in [-0.05, 0) is 30.7 Å². The molecule has 0 saturated heterocycles. The molecule has 0 saturated carbocycles. The zero-order valence-corrected chi connectivity index (χ0v) is 18.7. The average molecular weight is 484 g/mol. The molecule has 0 bridgehead atoms. The van der Waals surface area contributed by atoms with E-state index in [1.165, 1.54) is 12.1 Å². The zero-order valence-electron chi connectivity index (χ0n) is 17.1. The number of carbonyl (C=O) groups is 1. The number of sulfonamides is 1. The lowest BCUT2D eigenvalue weighted by atomic mass is 10.1. The molecule has 0 amide bonds. The molecule has 4 rings (SSSR count). The summed E-state index contributed by atoms with van der Waals surface area (Å²) in [6, 6.07) is 7.85. The topological polar surface area (TPSA) is 109 Å². The Morgan fingerprint density at radius 3 is 2.75 bits per heavy atom. The van der Waals surface area contributed by atoms with Gasteiger partial charge >= 0.3 is 5.97 Å². The van der Waals surface area contributed by atoms with Crippen LogP contribution in [-0.4, -0.2) is 40.9 Å². The highest BCUT2D eigenvalue weighted by molar-refractivity contribution is 7.89. The monoisotopic (exact) mass is 483 g/mol. The standard InChI is InChI=1S/C21H22ClNO8S/c22-16-8-14-11-27-13-31-21(14)15(9-16)12-30-20(24)2-1-5-23-32(25,26)17-3-4-18-19(10-17)29-7-6-28-18/h3-4,8-10,23H,1-2,5-7,11-13H2. The number of nitrogens with one attached hydrogen (secondary N) is 1. The van der Waals surface area contributed by atoms with Crippen LogP contribution in [0.2, 0.25) is 5.02 Å². The number of ether oxygens (including phenoxy) is 5. The maximum Gasteiger partial charge on any atom is 0.306 e. The number of hydrogen-bond acceptors (Lipinski definition) is 8. The molecule has 2 aromatic carbocycles. The van der Waals surface area contributed by atoms with Gasteiger partial charge in [0.15, 0.2) is 18.3 Å². The number of fused-ring (bicyclic) bond motifs is 2. The first-order valence-electron chi connectivity index (χ1n) is 9.99. The molecule has 172 valence electrons. The summed E-state index contributed by atoms with van der Waals surface area (Å²) in [5.74, 6) is 1.06. The van der Waals surface area contributed by atoms with Crippen LogP contribution in [0.4, 0.5) is 0 Å². The first-order chi connectivity index (χ1) is 15.4. The van der Waals surface area contributed by atoms with Gasteiger partial charge in [0.2, 0.25) is 10.0 Å². The van der Waals surface area contributed by atoms with Crippen LogP contribution in [0, 0.1) is 0 Å². The predicted molar refractivity (Wildman–Crippen MR) is 113 cm³/mol. The fraction of sp³-hybridized carbons (Fsp3) is 0.381. The maximum absolute atomic E-state index is 12.5. The lowest BCUT2D eigenvalue weighted by Gasteiger charge is -2.21. The maximum atomic E-state index is 12.5. The third-order valence-corrected chi connectivity index (χ3v) is 6.49. The first-order valence-corrected chi connectivity index (χ1v) is 11.9. The minimum absolute atomic E-state index is 0.00461. The molecule has 0 fully saturated rings. The van der Waals surface area contributed by atoms with Crippen molar-refractivity contribution in [2.24, 2.45) is 0 Å². The van der Waals surface area contributed by atoms with Crippen LogP contribution < -0.4 is 18.9 Å². The lowest BCUT2D eigenvalue weighted by Crippen LogP contribution is -2.25. The molecule has 0 atom stereocenters. The summed E-state index contributed by atoms with van der Waals surface area (Å²) >= 11 is 6.10.